The largest absolute Gasteiger partial charge is 0.492 e. The van der Waals surface area contributed by atoms with Crippen molar-refractivity contribution in [1.29, 1.82) is 0 Å². The number of likely N-dealkylation sites (N-methyl/N-ethyl adjacent to an activating group) is 1. The van der Waals surface area contributed by atoms with E-state index >= 15 is 0 Å². The fourth-order valence-electron chi connectivity index (χ4n) is 3.66. The van der Waals surface area contributed by atoms with Crippen LogP contribution in [0.25, 0.3) is 0 Å². The minimum Gasteiger partial charge on any atom is -0.492 e. The van der Waals surface area contributed by atoms with Crippen molar-refractivity contribution in [2.24, 2.45) is 4.99 Å². The van der Waals surface area contributed by atoms with Gasteiger partial charge in [0.05, 0.1) is 19.2 Å². The van der Waals surface area contributed by atoms with E-state index in [4.69, 9.17) is 9.73 Å². The number of guanidine groups is 1. The zero-order chi connectivity index (χ0) is 22.8. The number of nitrogens with zero attached hydrogens (tertiary/aromatic N) is 3. The molecule has 174 valence electrons. The first-order valence-corrected chi connectivity index (χ1v) is 11.4. The molecular formula is C25H35FN4O2. The molecule has 0 unspecified atom stereocenters. The number of aliphatic imine (C=N–C) groups is 1. The van der Waals surface area contributed by atoms with Gasteiger partial charge in [0, 0.05) is 33.2 Å². The number of benzene rings is 2. The second-order valence-corrected chi connectivity index (χ2v) is 8.22. The van der Waals surface area contributed by atoms with Gasteiger partial charge >= 0.3 is 0 Å². The number of likely N-dealkylation sites (tertiary alicyclic amines) is 1. The topological polar surface area (TPSA) is 60.3 Å². The highest BCUT2D eigenvalue weighted by Gasteiger charge is 2.16. The number of aliphatic hydroxyl groups excluding tert-OH is 1. The maximum absolute atomic E-state index is 13.0. The van der Waals surface area contributed by atoms with Crippen molar-refractivity contribution < 1.29 is 14.2 Å². The number of ether oxygens (including phenoxy) is 1. The van der Waals surface area contributed by atoms with E-state index in [1.807, 2.05) is 18.9 Å². The zero-order valence-corrected chi connectivity index (χ0v) is 19.1. The number of hydrogen-bond donors (Lipinski definition) is 2. The first kappa shape index (κ1) is 24.0. The molecule has 0 atom stereocenters. The van der Waals surface area contributed by atoms with Crippen LogP contribution in [0.5, 0.6) is 5.75 Å². The summed E-state index contributed by atoms with van der Waals surface area (Å²) in [5.74, 6) is 1.21. The Labute approximate surface area is 190 Å². The van der Waals surface area contributed by atoms with Crippen LogP contribution >= 0.6 is 0 Å². The third kappa shape index (κ3) is 7.80. The summed E-state index contributed by atoms with van der Waals surface area (Å²) in [7, 11) is 1.98. The summed E-state index contributed by atoms with van der Waals surface area (Å²) in [6, 6.07) is 14.7. The van der Waals surface area contributed by atoms with Gasteiger partial charge in [0.1, 0.15) is 18.2 Å². The summed E-state index contributed by atoms with van der Waals surface area (Å²) < 4.78 is 18.7. The van der Waals surface area contributed by atoms with E-state index in [0.29, 0.717) is 25.4 Å². The maximum atomic E-state index is 13.0. The molecule has 3 rings (SSSR count). The first-order chi connectivity index (χ1) is 15.5. The Morgan fingerprint density at radius 1 is 1.12 bits per heavy atom. The lowest BCUT2D eigenvalue weighted by molar-refractivity contribution is 0.0792. The van der Waals surface area contributed by atoms with Gasteiger partial charge in [0.15, 0.2) is 5.96 Å². The molecule has 0 amide bonds. The zero-order valence-electron chi connectivity index (χ0n) is 19.1. The van der Waals surface area contributed by atoms with Gasteiger partial charge < -0.3 is 20.1 Å². The summed E-state index contributed by atoms with van der Waals surface area (Å²) in [6.45, 7) is 7.41. The Morgan fingerprint density at radius 3 is 2.44 bits per heavy atom. The van der Waals surface area contributed by atoms with Crippen molar-refractivity contribution in [3.63, 3.8) is 0 Å². The standard InChI is InChI=1S/C25H35FN4O2/c1-3-27-25(29(2)16-17-32-24-10-8-22(26)9-11-24)28-18-20-4-6-21(7-5-20)19-30-14-12-23(31)13-15-30/h4-11,23,31H,3,12-19H2,1-2H3,(H,27,28). The second-order valence-electron chi connectivity index (χ2n) is 8.22. The van der Waals surface area contributed by atoms with Crippen molar-refractivity contribution in [2.45, 2.75) is 39.0 Å². The molecule has 6 nitrogen and oxygen atoms in total. The average Bonchev–Trinajstić information content (AvgIpc) is 2.80. The third-order valence-corrected chi connectivity index (χ3v) is 5.60. The van der Waals surface area contributed by atoms with Gasteiger partial charge in [-0.25, -0.2) is 9.38 Å². The van der Waals surface area contributed by atoms with Crippen molar-refractivity contribution in [3.05, 3.63) is 65.5 Å². The summed E-state index contributed by atoms with van der Waals surface area (Å²) in [5.41, 5.74) is 2.45. The molecular weight excluding hydrogens is 407 g/mol. The Balaban J connectivity index is 1.48. The smallest absolute Gasteiger partial charge is 0.194 e. The summed E-state index contributed by atoms with van der Waals surface area (Å²) in [5, 5.41) is 13.0. The molecule has 1 fully saturated rings. The minimum atomic E-state index is -0.268. The number of rotatable bonds is 9. The highest BCUT2D eigenvalue weighted by atomic mass is 19.1. The predicted molar refractivity (Wildman–Crippen MR) is 126 cm³/mol. The van der Waals surface area contributed by atoms with E-state index in [9.17, 15) is 9.50 Å². The highest BCUT2D eigenvalue weighted by molar-refractivity contribution is 5.79. The average molecular weight is 443 g/mol. The molecule has 0 saturated carbocycles. The quantitative estimate of drug-likeness (QED) is 0.461. The molecule has 0 spiro atoms. The maximum Gasteiger partial charge on any atom is 0.194 e. The molecule has 0 bridgehead atoms. The van der Waals surface area contributed by atoms with Crippen LogP contribution in [-0.2, 0) is 13.1 Å². The van der Waals surface area contributed by atoms with E-state index in [1.165, 1.54) is 17.7 Å². The van der Waals surface area contributed by atoms with Gasteiger partial charge in [-0.3, -0.25) is 4.90 Å². The molecule has 2 N–H and O–H groups in total. The van der Waals surface area contributed by atoms with Crippen molar-refractivity contribution in [3.8, 4) is 5.75 Å². The van der Waals surface area contributed by atoms with E-state index in [1.54, 1.807) is 12.1 Å². The van der Waals surface area contributed by atoms with Gasteiger partial charge in [-0.15, -0.1) is 0 Å². The van der Waals surface area contributed by atoms with Crippen LogP contribution in [0.3, 0.4) is 0 Å². The van der Waals surface area contributed by atoms with Crippen LogP contribution in [-0.4, -0.2) is 66.8 Å². The summed E-state index contributed by atoms with van der Waals surface area (Å²) >= 11 is 0. The van der Waals surface area contributed by atoms with Crippen LogP contribution < -0.4 is 10.1 Å². The van der Waals surface area contributed by atoms with Crippen molar-refractivity contribution >= 4 is 5.96 Å². The summed E-state index contributed by atoms with van der Waals surface area (Å²) in [6.07, 6.45) is 1.59. The van der Waals surface area contributed by atoms with Gasteiger partial charge in [-0.05, 0) is 55.2 Å². The lowest BCUT2D eigenvalue weighted by Crippen LogP contribution is -2.40. The van der Waals surface area contributed by atoms with Crippen LogP contribution in [0.1, 0.15) is 30.9 Å². The van der Waals surface area contributed by atoms with Crippen LogP contribution in [0, 0.1) is 5.82 Å². The first-order valence-electron chi connectivity index (χ1n) is 11.4. The van der Waals surface area contributed by atoms with E-state index in [0.717, 1.165) is 50.5 Å². The number of hydrogen-bond acceptors (Lipinski definition) is 4. The van der Waals surface area contributed by atoms with E-state index in [-0.39, 0.29) is 11.9 Å². The Hall–Kier alpha value is -2.64. The van der Waals surface area contributed by atoms with E-state index < -0.39 is 0 Å². The minimum absolute atomic E-state index is 0.134. The Morgan fingerprint density at radius 2 is 1.78 bits per heavy atom. The molecule has 1 saturated heterocycles. The molecule has 0 radical (unpaired) electrons. The lowest BCUT2D eigenvalue weighted by Gasteiger charge is -2.29. The van der Waals surface area contributed by atoms with Gasteiger partial charge in [-0.1, -0.05) is 24.3 Å². The molecule has 7 heteroatoms. The van der Waals surface area contributed by atoms with E-state index in [2.05, 4.69) is 34.5 Å². The van der Waals surface area contributed by atoms with Crippen molar-refractivity contribution in [1.82, 2.24) is 15.1 Å². The normalized spacial score (nSPS) is 15.6. The van der Waals surface area contributed by atoms with Crippen LogP contribution in [0.4, 0.5) is 4.39 Å². The predicted octanol–water partition coefficient (Wildman–Crippen LogP) is 3.26. The monoisotopic (exact) mass is 442 g/mol. The number of aliphatic hydroxyl groups is 1. The van der Waals surface area contributed by atoms with Crippen LogP contribution in [0.2, 0.25) is 0 Å². The Kier molecular flexibility index (Phi) is 9.31. The van der Waals surface area contributed by atoms with Crippen LogP contribution in [0.15, 0.2) is 53.5 Å². The molecule has 32 heavy (non-hydrogen) atoms. The Bertz CT molecular complexity index is 834. The van der Waals surface area contributed by atoms with Gasteiger partial charge in [0.25, 0.3) is 0 Å². The van der Waals surface area contributed by atoms with Gasteiger partial charge in [0.2, 0.25) is 0 Å². The molecule has 1 aliphatic heterocycles. The van der Waals surface area contributed by atoms with Gasteiger partial charge in [-0.2, -0.15) is 0 Å². The molecule has 2 aromatic rings. The fourth-order valence-corrected chi connectivity index (χ4v) is 3.66. The highest BCUT2D eigenvalue weighted by Crippen LogP contribution is 2.15. The molecule has 0 aliphatic carbocycles. The number of piperidine rings is 1. The molecule has 1 heterocycles. The second kappa shape index (κ2) is 12.4. The number of halogens is 1. The van der Waals surface area contributed by atoms with Crippen molar-refractivity contribution in [2.75, 3.05) is 39.8 Å². The third-order valence-electron chi connectivity index (χ3n) is 5.60. The summed E-state index contributed by atoms with van der Waals surface area (Å²) in [4.78, 5) is 9.19. The lowest BCUT2D eigenvalue weighted by atomic mass is 10.1. The molecule has 1 aliphatic rings. The molecule has 2 aromatic carbocycles. The fraction of sp³-hybridized carbons (Fsp3) is 0.480. The molecule has 0 aromatic heterocycles. The SMILES string of the molecule is CCNC(=NCc1ccc(CN2CCC(O)CC2)cc1)N(C)CCOc1ccc(F)cc1. The number of nitrogens with one attached hydrogen (secondary N) is 1.